The number of carbonyl (C=O) groups is 2. The Morgan fingerprint density at radius 2 is 1.67 bits per heavy atom. The predicted molar refractivity (Wildman–Crippen MR) is 148 cm³/mol. The highest BCUT2D eigenvalue weighted by Gasteiger charge is 2.65. The molecule has 2 saturated heterocycles. The van der Waals surface area contributed by atoms with Crippen LogP contribution in [0.5, 0.6) is 0 Å². The second-order valence-electron chi connectivity index (χ2n) is 11.5. The van der Waals surface area contributed by atoms with Gasteiger partial charge in [0.1, 0.15) is 0 Å². The molecule has 0 radical (unpaired) electrons. The lowest BCUT2D eigenvalue weighted by atomic mass is 9.51. The van der Waals surface area contributed by atoms with Gasteiger partial charge >= 0.3 is 18.1 Å². The molecule has 2 fully saturated rings. The van der Waals surface area contributed by atoms with Gasteiger partial charge < -0.3 is 20.4 Å². The van der Waals surface area contributed by atoms with E-state index in [9.17, 15) is 43.1 Å². The van der Waals surface area contributed by atoms with Gasteiger partial charge in [-0.25, -0.2) is 0 Å². The number of nitrogens with one attached hydrogen (secondary N) is 1. The lowest BCUT2D eigenvalue weighted by Crippen LogP contribution is -2.69. The first-order valence-electron chi connectivity index (χ1n) is 13.7. The van der Waals surface area contributed by atoms with E-state index < -0.39 is 57.4 Å². The third-order valence-electron chi connectivity index (χ3n) is 9.31. The number of piperazine rings is 1. The molecule has 0 aromatic heterocycles. The zero-order valence-corrected chi connectivity index (χ0v) is 23.6. The first-order valence-corrected chi connectivity index (χ1v) is 13.7. The highest BCUT2D eigenvalue weighted by atomic mass is 19.4. The fourth-order valence-corrected chi connectivity index (χ4v) is 6.73. The number of hydrogen-bond donors (Lipinski definition) is 3. The van der Waals surface area contributed by atoms with Gasteiger partial charge in [0.2, 0.25) is 0 Å². The van der Waals surface area contributed by atoms with Gasteiger partial charge in [0.05, 0.1) is 21.3 Å². The smallest absolute Gasteiger partial charge is 0.416 e. The molecular weight excluding hydrogens is 557 g/mol. The quantitative estimate of drug-likeness (QED) is 0.300. The Morgan fingerprint density at radius 1 is 1.02 bits per heavy atom. The summed E-state index contributed by atoms with van der Waals surface area (Å²) in [7, 11) is 0. The minimum atomic E-state index is -4.45. The summed E-state index contributed by atoms with van der Waals surface area (Å²) < 4.78 is 39.6. The molecule has 13 heteroatoms. The van der Waals surface area contributed by atoms with Gasteiger partial charge in [-0.15, -0.1) is 0 Å². The summed E-state index contributed by atoms with van der Waals surface area (Å²) in [5.41, 5.74) is -3.54. The molecule has 2 aromatic carbocycles. The SMILES string of the molecule is CC1NC(C)C(CCN2CCN(c3cccc(C(F)(F)F)c3)CC2)(C(=O)O)C(c2cccc([N+](=O)[O-])c2)C1(C)C(=O)O. The average Bonchev–Trinajstić information content (AvgIpc) is 2.94. The van der Waals surface area contributed by atoms with Gasteiger partial charge in [-0.3, -0.25) is 24.6 Å². The number of carboxylic acids is 2. The third kappa shape index (κ3) is 5.54. The van der Waals surface area contributed by atoms with Crippen LogP contribution < -0.4 is 10.2 Å². The molecule has 42 heavy (non-hydrogen) atoms. The van der Waals surface area contributed by atoms with Gasteiger partial charge in [0.15, 0.2) is 0 Å². The second kappa shape index (κ2) is 11.5. The number of alkyl halides is 3. The monoisotopic (exact) mass is 592 g/mol. The molecule has 0 aliphatic carbocycles. The standard InChI is InChI=1S/C29H35F3N4O6/c1-18-27(3,25(37)38)24(20-6-4-9-23(16-20)36(41)42)28(26(39)40,19(2)33-18)10-11-34-12-14-35(15-13-34)22-8-5-7-21(17-22)29(30,31)32/h4-9,16-19,24,33H,10-15H2,1-3H3,(H,37,38)(H,39,40). The average molecular weight is 593 g/mol. The molecule has 4 rings (SSSR count). The number of aliphatic carboxylic acids is 2. The Labute approximate surface area is 241 Å². The first-order chi connectivity index (χ1) is 19.6. The number of hydrogen-bond acceptors (Lipinski definition) is 7. The second-order valence-corrected chi connectivity index (χ2v) is 11.5. The fraction of sp³-hybridized carbons (Fsp3) is 0.517. The van der Waals surface area contributed by atoms with Crippen LogP contribution in [0.3, 0.4) is 0 Å². The molecule has 5 unspecified atom stereocenters. The van der Waals surface area contributed by atoms with E-state index in [1.807, 2.05) is 9.80 Å². The lowest BCUT2D eigenvalue weighted by Gasteiger charge is -2.56. The minimum Gasteiger partial charge on any atom is -0.481 e. The molecule has 3 N–H and O–H groups in total. The summed E-state index contributed by atoms with van der Waals surface area (Å²) in [6.45, 7) is 6.90. The topological polar surface area (TPSA) is 136 Å². The molecule has 0 saturated carbocycles. The molecule has 228 valence electrons. The number of benzene rings is 2. The Hall–Kier alpha value is -3.71. The summed E-state index contributed by atoms with van der Waals surface area (Å²) >= 11 is 0. The van der Waals surface area contributed by atoms with Crippen molar-refractivity contribution in [1.82, 2.24) is 10.2 Å². The maximum atomic E-state index is 13.2. The van der Waals surface area contributed by atoms with Crippen molar-refractivity contribution in [2.24, 2.45) is 10.8 Å². The van der Waals surface area contributed by atoms with Crippen molar-refractivity contribution in [3.8, 4) is 0 Å². The number of nitro benzene ring substituents is 1. The first kappa shape index (κ1) is 31.2. The van der Waals surface area contributed by atoms with Gasteiger partial charge in [0, 0.05) is 62.0 Å². The highest BCUT2D eigenvalue weighted by Crippen LogP contribution is 2.57. The summed E-state index contributed by atoms with van der Waals surface area (Å²) in [6, 6.07) is 9.32. The number of carboxylic acid groups (broad SMARTS) is 2. The number of halogens is 3. The van der Waals surface area contributed by atoms with Gasteiger partial charge in [-0.1, -0.05) is 18.2 Å². The number of nitrogens with zero attached hydrogens (tertiary/aromatic N) is 3. The normalized spacial score (nSPS) is 28.8. The minimum absolute atomic E-state index is 0.0447. The molecule has 2 heterocycles. The third-order valence-corrected chi connectivity index (χ3v) is 9.31. The lowest BCUT2D eigenvalue weighted by molar-refractivity contribution is -0.385. The zero-order chi connectivity index (χ0) is 31.0. The van der Waals surface area contributed by atoms with E-state index in [0.717, 1.165) is 12.1 Å². The van der Waals surface area contributed by atoms with E-state index in [1.165, 1.54) is 31.2 Å². The van der Waals surface area contributed by atoms with Gasteiger partial charge in [0.25, 0.3) is 5.69 Å². The number of anilines is 1. The van der Waals surface area contributed by atoms with Crippen molar-refractivity contribution in [3.63, 3.8) is 0 Å². The van der Waals surface area contributed by atoms with Crippen molar-refractivity contribution in [1.29, 1.82) is 0 Å². The largest absolute Gasteiger partial charge is 0.481 e. The van der Waals surface area contributed by atoms with Gasteiger partial charge in [-0.05, 0) is 57.5 Å². The molecule has 0 bridgehead atoms. The van der Waals surface area contributed by atoms with E-state index in [2.05, 4.69) is 5.32 Å². The van der Waals surface area contributed by atoms with E-state index in [0.29, 0.717) is 31.9 Å². The van der Waals surface area contributed by atoms with Crippen LogP contribution in [-0.2, 0) is 15.8 Å². The van der Waals surface area contributed by atoms with E-state index in [4.69, 9.17) is 0 Å². The number of piperidine rings is 1. The van der Waals surface area contributed by atoms with Crippen LogP contribution in [0.2, 0.25) is 0 Å². The van der Waals surface area contributed by atoms with Crippen LogP contribution in [0.15, 0.2) is 48.5 Å². The van der Waals surface area contributed by atoms with Crippen molar-refractivity contribution >= 4 is 23.3 Å². The number of non-ortho nitro benzene ring substituents is 1. The summed E-state index contributed by atoms with van der Waals surface area (Å²) in [4.78, 5) is 40.9. The van der Waals surface area contributed by atoms with Crippen LogP contribution >= 0.6 is 0 Å². The van der Waals surface area contributed by atoms with Crippen LogP contribution in [-0.4, -0.2) is 76.8 Å². The maximum Gasteiger partial charge on any atom is 0.416 e. The Balaban J connectivity index is 1.63. The molecule has 5 atom stereocenters. The number of rotatable bonds is 8. The van der Waals surface area contributed by atoms with Crippen molar-refractivity contribution in [3.05, 3.63) is 69.8 Å². The fourth-order valence-electron chi connectivity index (χ4n) is 6.73. The number of nitro groups is 1. The highest BCUT2D eigenvalue weighted by molar-refractivity contribution is 5.84. The Bertz CT molecular complexity index is 1350. The van der Waals surface area contributed by atoms with Crippen molar-refractivity contribution in [2.45, 2.75) is 51.4 Å². The van der Waals surface area contributed by atoms with Gasteiger partial charge in [-0.2, -0.15) is 13.2 Å². The van der Waals surface area contributed by atoms with E-state index in [1.54, 1.807) is 26.0 Å². The summed E-state index contributed by atoms with van der Waals surface area (Å²) in [5, 5.41) is 36.0. The molecule has 0 spiro atoms. The van der Waals surface area contributed by atoms with Crippen molar-refractivity contribution in [2.75, 3.05) is 37.6 Å². The van der Waals surface area contributed by atoms with Crippen LogP contribution in [0.1, 0.15) is 44.2 Å². The maximum absolute atomic E-state index is 13.2. The predicted octanol–water partition coefficient (Wildman–Crippen LogP) is 4.45. The molecular formula is C29H35F3N4O6. The van der Waals surface area contributed by atoms with E-state index >= 15 is 0 Å². The molecule has 0 amide bonds. The zero-order valence-electron chi connectivity index (χ0n) is 23.6. The Kier molecular flexibility index (Phi) is 8.57. The van der Waals surface area contributed by atoms with Crippen molar-refractivity contribution < 1.29 is 37.9 Å². The Morgan fingerprint density at radius 3 is 2.24 bits per heavy atom. The van der Waals surface area contributed by atoms with E-state index in [-0.39, 0.29) is 24.2 Å². The summed E-state index contributed by atoms with van der Waals surface area (Å²) in [6.07, 6.45) is -4.41. The molecule has 2 aliphatic rings. The summed E-state index contributed by atoms with van der Waals surface area (Å²) in [5.74, 6) is -3.54. The molecule has 2 aliphatic heterocycles. The van der Waals surface area contributed by atoms with Crippen LogP contribution in [0.25, 0.3) is 0 Å². The molecule has 10 nitrogen and oxygen atoms in total. The van der Waals surface area contributed by atoms with Crippen LogP contribution in [0, 0.1) is 20.9 Å². The van der Waals surface area contributed by atoms with Crippen LogP contribution in [0.4, 0.5) is 24.5 Å². The molecule has 2 aromatic rings.